The lowest BCUT2D eigenvalue weighted by Crippen LogP contribution is -1.94. The van der Waals surface area contributed by atoms with Gasteiger partial charge >= 0.3 is 0 Å². The largest absolute Gasteiger partial charge is 0.382 e. The predicted molar refractivity (Wildman–Crippen MR) is 44.6 cm³/mol. The molecule has 2 rings (SSSR count). The summed E-state index contributed by atoms with van der Waals surface area (Å²) in [5.74, 6) is 0.565. The smallest absolute Gasteiger partial charge is 0.155 e. The van der Waals surface area contributed by atoms with Gasteiger partial charge in [-0.2, -0.15) is 9.61 Å². The molecule has 2 aromatic rings. The summed E-state index contributed by atoms with van der Waals surface area (Å²) in [5, 5.41) is 3.97. The zero-order valence-corrected chi connectivity index (χ0v) is 6.45. The van der Waals surface area contributed by atoms with Crippen LogP contribution in [0.3, 0.4) is 0 Å². The van der Waals surface area contributed by atoms with Gasteiger partial charge in [0.1, 0.15) is 5.82 Å². The summed E-state index contributed by atoms with van der Waals surface area (Å²) in [6.07, 6.45) is 3.26. The Morgan fingerprint density at radius 1 is 1.45 bits per heavy atom. The van der Waals surface area contributed by atoms with Gasteiger partial charge in [-0.3, -0.25) is 0 Å². The Bertz CT molecular complexity index is 356. The van der Waals surface area contributed by atoms with Gasteiger partial charge in [0, 0.05) is 6.20 Å². The number of nitrogen functional groups attached to an aromatic ring is 1. The highest BCUT2D eigenvalue weighted by Crippen LogP contribution is 2.03. The molecule has 2 heterocycles. The Kier molecular flexibility index (Phi) is 1.96. The summed E-state index contributed by atoms with van der Waals surface area (Å²) < 4.78 is 1.58. The zero-order chi connectivity index (χ0) is 6.97. The number of nitrogens with two attached hydrogens (primary N) is 1. The van der Waals surface area contributed by atoms with Crippen molar-refractivity contribution in [3.05, 3.63) is 24.5 Å². The molecule has 4 nitrogen and oxygen atoms in total. The first-order chi connectivity index (χ1) is 4.88. The van der Waals surface area contributed by atoms with Crippen LogP contribution in [-0.4, -0.2) is 14.6 Å². The third kappa shape index (κ3) is 1.12. The van der Waals surface area contributed by atoms with Crippen LogP contribution in [0.5, 0.6) is 0 Å². The quantitative estimate of drug-likeness (QED) is 0.634. The van der Waals surface area contributed by atoms with Gasteiger partial charge < -0.3 is 5.73 Å². The van der Waals surface area contributed by atoms with Gasteiger partial charge in [-0.05, 0) is 12.1 Å². The molecular formula is C6H7ClN4. The van der Waals surface area contributed by atoms with E-state index in [1.165, 1.54) is 0 Å². The Labute approximate surface area is 69.5 Å². The minimum Gasteiger partial charge on any atom is -0.382 e. The van der Waals surface area contributed by atoms with Crippen LogP contribution in [0.1, 0.15) is 0 Å². The lowest BCUT2D eigenvalue weighted by atomic mass is 10.6. The van der Waals surface area contributed by atoms with Crippen LogP contribution in [0, 0.1) is 0 Å². The maximum absolute atomic E-state index is 5.51. The highest BCUT2D eigenvalue weighted by Gasteiger charge is 1.95. The average molecular weight is 171 g/mol. The molecule has 0 saturated carbocycles. The van der Waals surface area contributed by atoms with E-state index in [9.17, 15) is 0 Å². The fourth-order valence-electron chi connectivity index (χ4n) is 0.848. The van der Waals surface area contributed by atoms with E-state index >= 15 is 0 Å². The lowest BCUT2D eigenvalue weighted by Gasteiger charge is -1.90. The van der Waals surface area contributed by atoms with Crippen LogP contribution in [0.15, 0.2) is 24.5 Å². The Morgan fingerprint density at radius 3 is 3.00 bits per heavy atom. The fourth-order valence-corrected chi connectivity index (χ4v) is 0.848. The molecule has 0 radical (unpaired) electrons. The summed E-state index contributed by atoms with van der Waals surface area (Å²) in [5.41, 5.74) is 6.29. The first-order valence-electron chi connectivity index (χ1n) is 2.92. The summed E-state index contributed by atoms with van der Waals surface area (Å²) in [4.78, 5) is 3.99. The van der Waals surface area contributed by atoms with E-state index in [1.807, 2.05) is 12.1 Å². The standard InChI is InChI=1S/C6H6N4.ClH/c7-5-4-8-6-2-1-3-9-10(5)6;/h1-4H,7H2;1H. The molecule has 0 aliphatic carbocycles. The van der Waals surface area contributed by atoms with Crippen molar-refractivity contribution >= 4 is 23.9 Å². The number of halogens is 1. The molecule has 0 bridgehead atoms. The van der Waals surface area contributed by atoms with Gasteiger partial charge in [-0.15, -0.1) is 12.4 Å². The summed E-state index contributed by atoms with van der Waals surface area (Å²) in [6, 6.07) is 3.67. The number of imidazole rings is 1. The molecule has 0 aromatic carbocycles. The average Bonchev–Trinajstić information content (AvgIpc) is 2.34. The van der Waals surface area contributed by atoms with Crippen molar-refractivity contribution in [1.82, 2.24) is 14.6 Å². The van der Waals surface area contributed by atoms with Crippen LogP contribution in [0.4, 0.5) is 5.82 Å². The summed E-state index contributed by atoms with van der Waals surface area (Å²) in [6.45, 7) is 0. The normalized spacial score (nSPS) is 9.45. The Balaban J connectivity index is 0.000000605. The molecule has 2 N–H and O–H groups in total. The minimum atomic E-state index is 0. The van der Waals surface area contributed by atoms with Crippen molar-refractivity contribution in [2.45, 2.75) is 0 Å². The second-order valence-corrected chi connectivity index (χ2v) is 1.98. The van der Waals surface area contributed by atoms with E-state index in [0.717, 1.165) is 5.65 Å². The fraction of sp³-hybridized carbons (Fsp3) is 0. The van der Waals surface area contributed by atoms with Crippen molar-refractivity contribution in [2.24, 2.45) is 0 Å². The SMILES string of the molecule is Cl.Nc1cnc2cccnn12. The van der Waals surface area contributed by atoms with Crippen LogP contribution < -0.4 is 5.73 Å². The van der Waals surface area contributed by atoms with E-state index in [1.54, 1.807) is 16.9 Å². The van der Waals surface area contributed by atoms with E-state index < -0.39 is 0 Å². The number of rotatable bonds is 0. The number of nitrogens with zero attached hydrogens (tertiary/aromatic N) is 3. The van der Waals surface area contributed by atoms with Gasteiger partial charge in [-0.1, -0.05) is 0 Å². The van der Waals surface area contributed by atoms with E-state index in [2.05, 4.69) is 10.1 Å². The van der Waals surface area contributed by atoms with Crippen LogP contribution >= 0.6 is 12.4 Å². The van der Waals surface area contributed by atoms with Crippen molar-refractivity contribution < 1.29 is 0 Å². The molecule has 5 heteroatoms. The minimum absolute atomic E-state index is 0. The monoisotopic (exact) mass is 170 g/mol. The molecule has 0 unspecified atom stereocenters. The second kappa shape index (κ2) is 2.75. The van der Waals surface area contributed by atoms with Gasteiger partial charge in [-0.25, -0.2) is 4.98 Å². The summed E-state index contributed by atoms with van der Waals surface area (Å²) >= 11 is 0. The third-order valence-electron chi connectivity index (χ3n) is 1.30. The van der Waals surface area contributed by atoms with Crippen molar-refractivity contribution in [2.75, 3.05) is 5.73 Å². The lowest BCUT2D eigenvalue weighted by molar-refractivity contribution is 0.946. The molecule has 0 fully saturated rings. The second-order valence-electron chi connectivity index (χ2n) is 1.98. The van der Waals surface area contributed by atoms with Crippen molar-refractivity contribution in [1.29, 1.82) is 0 Å². The third-order valence-corrected chi connectivity index (χ3v) is 1.30. The van der Waals surface area contributed by atoms with E-state index in [4.69, 9.17) is 5.73 Å². The van der Waals surface area contributed by atoms with Gasteiger partial charge in [0.25, 0.3) is 0 Å². The molecule has 0 spiro atoms. The molecule has 58 valence electrons. The highest BCUT2D eigenvalue weighted by molar-refractivity contribution is 5.85. The van der Waals surface area contributed by atoms with Crippen LogP contribution in [0.2, 0.25) is 0 Å². The first-order valence-corrected chi connectivity index (χ1v) is 2.92. The Hall–Kier alpha value is -1.29. The number of hydrogen-bond acceptors (Lipinski definition) is 3. The zero-order valence-electron chi connectivity index (χ0n) is 5.64. The molecule has 11 heavy (non-hydrogen) atoms. The predicted octanol–water partition coefficient (Wildman–Crippen LogP) is 0.733. The summed E-state index contributed by atoms with van der Waals surface area (Å²) in [7, 11) is 0. The number of aromatic nitrogens is 3. The van der Waals surface area contributed by atoms with Gasteiger partial charge in [0.2, 0.25) is 0 Å². The molecule has 0 aliphatic rings. The number of fused-ring (bicyclic) bond motifs is 1. The van der Waals surface area contributed by atoms with Gasteiger partial charge in [0.15, 0.2) is 5.65 Å². The molecule has 0 atom stereocenters. The highest BCUT2D eigenvalue weighted by atomic mass is 35.5. The maximum Gasteiger partial charge on any atom is 0.155 e. The first kappa shape index (κ1) is 7.81. The van der Waals surface area contributed by atoms with E-state index in [-0.39, 0.29) is 12.4 Å². The topological polar surface area (TPSA) is 56.2 Å². The van der Waals surface area contributed by atoms with Crippen molar-refractivity contribution in [3.8, 4) is 0 Å². The van der Waals surface area contributed by atoms with Crippen LogP contribution in [0.25, 0.3) is 5.65 Å². The number of anilines is 1. The van der Waals surface area contributed by atoms with Crippen molar-refractivity contribution in [3.63, 3.8) is 0 Å². The number of hydrogen-bond donors (Lipinski definition) is 1. The molecule has 2 aromatic heterocycles. The molecule has 0 amide bonds. The van der Waals surface area contributed by atoms with Crippen LogP contribution in [-0.2, 0) is 0 Å². The maximum atomic E-state index is 5.51. The van der Waals surface area contributed by atoms with Gasteiger partial charge in [0.05, 0.1) is 6.20 Å². The van der Waals surface area contributed by atoms with E-state index in [0.29, 0.717) is 5.82 Å². The molecule has 0 aliphatic heterocycles. The Morgan fingerprint density at radius 2 is 2.27 bits per heavy atom. The molecular weight excluding hydrogens is 164 g/mol. The molecule has 0 saturated heterocycles.